The number of piperidine rings is 1. The quantitative estimate of drug-likeness (QED) is 0.802. The van der Waals surface area contributed by atoms with E-state index in [0.717, 1.165) is 18.5 Å². The molecule has 120 valence electrons. The van der Waals surface area contributed by atoms with E-state index in [1.54, 1.807) is 5.49 Å². The van der Waals surface area contributed by atoms with Gasteiger partial charge in [-0.05, 0) is 45.1 Å². The molecule has 0 bridgehead atoms. The van der Waals surface area contributed by atoms with Gasteiger partial charge in [0.2, 0.25) is 0 Å². The molecule has 0 aromatic carbocycles. The van der Waals surface area contributed by atoms with Crippen LogP contribution in [0.3, 0.4) is 0 Å². The van der Waals surface area contributed by atoms with Crippen molar-refractivity contribution in [3.05, 3.63) is 47.9 Å². The van der Waals surface area contributed by atoms with Crippen LogP contribution in [0.15, 0.2) is 47.9 Å². The molecule has 0 spiro atoms. The SMILES string of the molecule is CN1CCC(N(C)/C2=C/C=C(/NC=S)C/C=C\C=C/C2)CC1. The Hall–Kier alpha value is -1.39. The highest BCUT2D eigenvalue weighted by atomic mass is 32.1. The second-order valence-corrected chi connectivity index (χ2v) is 6.26. The molecule has 2 rings (SSSR count). The molecular weight excluding hydrogens is 290 g/mol. The van der Waals surface area contributed by atoms with Gasteiger partial charge in [0, 0.05) is 37.3 Å². The van der Waals surface area contributed by atoms with E-state index >= 15 is 0 Å². The fraction of sp³-hybridized carbons (Fsp3) is 0.500. The summed E-state index contributed by atoms with van der Waals surface area (Å²) in [7, 11) is 4.44. The van der Waals surface area contributed by atoms with E-state index in [-0.39, 0.29) is 0 Å². The number of likely N-dealkylation sites (tertiary alicyclic amines) is 1. The average molecular weight is 318 g/mol. The third kappa shape index (κ3) is 5.11. The molecule has 1 aliphatic heterocycles. The summed E-state index contributed by atoms with van der Waals surface area (Å²) in [4.78, 5) is 4.88. The Balaban J connectivity index is 2.12. The van der Waals surface area contributed by atoms with Gasteiger partial charge in [0.1, 0.15) is 0 Å². The van der Waals surface area contributed by atoms with Crippen molar-refractivity contribution in [2.45, 2.75) is 31.7 Å². The van der Waals surface area contributed by atoms with Crippen LogP contribution in [-0.4, -0.2) is 48.5 Å². The number of nitrogens with zero attached hydrogens (tertiary/aromatic N) is 2. The zero-order chi connectivity index (χ0) is 15.8. The number of nitrogens with one attached hydrogen (secondary N) is 1. The van der Waals surface area contributed by atoms with E-state index < -0.39 is 0 Å². The Morgan fingerprint density at radius 2 is 1.86 bits per heavy atom. The Morgan fingerprint density at radius 1 is 1.18 bits per heavy atom. The van der Waals surface area contributed by atoms with Crippen LogP contribution in [0.5, 0.6) is 0 Å². The van der Waals surface area contributed by atoms with Gasteiger partial charge in [0.25, 0.3) is 0 Å². The van der Waals surface area contributed by atoms with Crippen molar-refractivity contribution in [1.82, 2.24) is 15.1 Å². The Labute approximate surface area is 140 Å². The average Bonchev–Trinajstić information content (AvgIpc) is 2.53. The fourth-order valence-corrected chi connectivity index (χ4v) is 3.09. The normalized spacial score (nSPS) is 28.6. The van der Waals surface area contributed by atoms with Crippen LogP contribution in [-0.2, 0) is 0 Å². The lowest BCUT2D eigenvalue weighted by molar-refractivity contribution is 0.169. The number of hydrogen-bond donors (Lipinski definition) is 1. The second kappa shape index (κ2) is 8.91. The standard InChI is InChI=1S/C18H27N3S/c1-20-13-11-18(12-14-20)21(2)17-8-6-4-3-5-7-16(9-10-17)19-15-22/h3-6,9-10,15,18H,7-8,11-14H2,1-2H3,(H,19,22)/b5-3-,6-4-,16-9+,17-10+. The van der Waals surface area contributed by atoms with Gasteiger partial charge in [0.15, 0.2) is 0 Å². The van der Waals surface area contributed by atoms with Crippen LogP contribution in [0.4, 0.5) is 0 Å². The lowest BCUT2D eigenvalue weighted by atomic mass is 10.0. The molecule has 3 nitrogen and oxygen atoms in total. The van der Waals surface area contributed by atoms with Crippen molar-refractivity contribution in [2.75, 3.05) is 27.2 Å². The highest BCUT2D eigenvalue weighted by Gasteiger charge is 2.21. The number of rotatable bonds is 4. The molecule has 22 heavy (non-hydrogen) atoms. The van der Waals surface area contributed by atoms with E-state index in [1.165, 1.54) is 31.6 Å². The molecule has 2 aliphatic rings. The van der Waals surface area contributed by atoms with E-state index in [0.29, 0.717) is 6.04 Å². The highest BCUT2D eigenvalue weighted by molar-refractivity contribution is 7.78. The molecule has 0 aromatic heterocycles. The van der Waals surface area contributed by atoms with E-state index in [4.69, 9.17) is 12.2 Å². The summed E-state index contributed by atoms with van der Waals surface area (Å²) in [5, 5.41) is 3.15. The lowest BCUT2D eigenvalue weighted by Gasteiger charge is -2.37. The molecule has 1 aliphatic carbocycles. The number of thiocarbonyl (C=S) groups is 1. The van der Waals surface area contributed by atoms with Crippen molar-refractivity contribution in [1.29, 1.82) is 0 Å². The van der Waals surface area contributed by atoms with E-state index in [1.807, 2.05) is 0 Å². The Morgan fingerprint density at radius 3 is 2.55 bits per heavy atom. The van der Waals surface area contributed by atoms with Gasteiger partial charge in [-0.15, -0.1) is 0 Å². The maximum atomic E-state index is 4.92. The van der Waals surface area contributed by atoms with Crippen molar-refractivity contribution >= 4 is 17.7 Å². The summed E-state index contributed by atoms with van der Waals surface area (Å²) >= 11 is 4.92. The molecule has 0 radical (unpaired) electrons. The molecule has 1 fully saturated rings. The summed E-state index contributed by atoms with van der Waals surface area (Å²) in [6.45, 7) is 2.38. The monoisotopic (exact) mass is 317 g/mol. The summed E-state index contributed by atoms with van der Waals surface area (Å²) in [5.74, 6) is 0. The minimum absolute atomic E-state index is 0.643. The molecule has 4 heteroatoms. The zero-order valence-electron chi connectivity index (χ0n) is 13.7. The molecule has 1 saturated heterocycles. The van der Waals surface area contributed by atoms with Crippen molar-refractivity contribution in [2.24, 2.45) is 0 Å². The Kier molecular flexibility index (Phi) is 6.87. The maximum absolute atomic E-state index is 4.92. The van der Waals surface area contributed by atoms with Gasteiger partial charge in [-0.2, -0.15) is 0 Å². The van der Waals surface area contributed by atoms with Crippen molar-refractivity contribution in [3.63, 3.8) is 0 Å². The smallest absolute Gasteiger partial charge is 0.0656 e. The summed E-state index contributed by atoms with van der Waals surface area (Å²) in [6, 6.07) is 0.643. The third-order valence-electron chi connectivity index (χ3n) is 4.46. The number of allylic oxidation sites excluding steroid dienone is 6. The summed E-state index contributed by atoms with van der Waals surface area (Å²) < 4.78 is 0. The van der Waals surface area contributed by atoms with Crippen LogP contribution < -0.4 is 5.32 Å². The predicted octanol–water partition coefficient (Wildman–Crippen LogP) is 3.23. The van der Waals surface area contributed by atoms with Gasteiger partial charge < -0.3 is 15.1 Å². The summed E-state index contributed by atoms with van der Waals surface area (Å²) in [6.07, 6.45) is 17.3. The molecule has 0 atom stereocenters. The molecule has 1 heterocycles. The molecule has 0 saturated carbocycles. The third-order valence-corrected chi connectivity index (χ3v) is 4.58. The van der Waals surface area contributed by atoms with Crippen LogP contribution in [0, 0.1) is 0 Å². The summed E-state index contributed by atoms with van der Waals surface area (Å²) in [5.41, 5.74) is 4.08. The first kappa shape index (κ1) is 17.0. The van der Waals surface area contributed by atoms with E-state index in [9.17, 15) is 0 Å². The van der Waals surface area contributed by atoms with Crippen LogP contribution in [0.2, 0.25) is 0 Å². The first-order chi connectivity index (χ1) is 10.7. The second-order valence-electron chi connectivity index (χ2n) is 6.02. The molecule has 0 aromatic rings. The van der Waals surface area contributed by atoms with Gasteiger partial charge in [0.05, 0.1) is 5.49 Å². The largest absolute Gasteiger partial charge is 0.375 e. The van der Waals surface area contributed by atoms with Gasteiger partial charge in [-0.1, -0.05) is 36.5 Å². The van der Waals surface area contributed by atoms with Crippen LogP contribution in [0.1, 0.15) is 25.7 Å². The fourth-order valence-electron chi connectivity index (χ4n) is 2.93. The lowest BCUT2D eigenvalue weighted by Crippen LogP contribution is -2.41. The predicted molar refractivity (Wildman–Crippen MR) is 98.8 cm³/mol. The van der Waals surface area contributed by atoms with Crippen molar-refractivity contribution in [3.8, 4) is 0 Å². The maximum Gasteiger partial charge on any atom is 0.0656 e. The first-order valence-corrected chi connectivity index (χ1v) is 8.51. The van der Waals surface area contributed by atoms with Crippen LogP contribution >= 0.6 is 12.2 Å². The first-order valence-electron chi connectivity index (χ1n) is 8.03. The van der Waals surface area contributed by atoms with E-state index in [2.05, 4.69) is 65.7 Å². The molecule has 0 amide bonds. The minimum atomic E-state index is 0.643. The molecular formula is C18H27N3S. The zero-order valence-corrected chi connectivity index (χ0v) is 14.5. The minimum Gasteiger partial charge on any atom is -0.375 e. The molecule has 0 unspecified atom stereocenters. The topological polar surface area (TPSA) is 18.5 Å². The molecule has 1 N–H and O–H groups in total. The van der Waals surface area contributed by atoms with Gasteiger partial charge in [-0.3, -0.25) is 0 Å². The van der Waals surface area contributed by atoms with Gasteiger partial charge in [-0.25, -0.2) is 0 Å². The Bertz CT molecular complexity index is 483. The number of hydrogen-bond acceptors (Lipinski definition) is 3. The van der Waals surface area contributed by atoms with Gasteiger partial charge >= 0.3 is 0 Å². The van der Waals surface area contributed by atoms with Crippen LogP contribution in [0.25, 0.3) is 0 Å². The highest BCUT2D eigenvalue weighted by Crippen LogP contribution is 2.21. The van der Waals surface area contributed by atoms with Crippen molar-refractivity contribution < 1.29 is 0 Å².